The van der Waals surface area contributed by atoms with E-state index < -0.39 is 14.8 Å². The molecule has 1 saturated carbocycles. The summed E-state index contributed by atoms with van der Waals surface area (Å²) in [5.74, 6) is -0.415. The average Bonchev–Trinajstić information content (AvgIpc) is 2.61. The summed E-state index contributed by atoms with van der Waals surface area (Å²) in [7, 11) is -1.65. The van der Waals surface area contributed by atoms with Crippen LogP contribution in [0.15, 0.2) is 0 Å². The molecule has 24 heavy (non-hydrogen) atoms. The van der Waals surface area contributed by atoms with Gasteiger partial charge < -0.3 is 28.2 Å². The van der Waals surface area contributed by atoms with E-state index in [2.05, 4.69) is 0 Å². The van der Waals surface area contributed by atoms with Crippen LogP contribution in [0.3, 0.4) is 0 Å². The fourth-order valence-electron chi connectivity index (χ4n) is 3.52. The monoisotopic (exact) mass is 363 g/mol. The Hall–Kier alpha value is -0.0231. The predicted molar refractivity (Wildman–Crippen MR) is 96.3 cm³/mol. The summed E-state index contributed by atoms with van der Waals surface area (Å²) >= 11 is 0. The largest absolute Gasteiger partial charge is 0.681 e. The molecule has 0 amide bonds. The van der Waals surface area contributed by atoms with Crippen LogP contribution in [0.5, 0.6) is 0 Å². The van der Waals surface area contributed by atoms with Gasteiger partial charge in [0.05, 0.1) is 0 Å². The summed E-state index contributed by atoms with van der Waals surface area (Å²) in [5.41, 5.74) is 5.78. The molecule has 0 aromatic carbocycles. The van der Waals surface area contributed by atoms with Gasteiger partial charge in [0.2, 0.25) is 0 Å². The lowest BCUT2D eigenvalue weighted by atomic mass is 9.81. The topological polar surface area (TPSA) is 72.2 Å². The van der Waals surface area contributed by atoms with E-state index in [4.69, 9.17) is 28.2 Å². The Morgan fingerprint density at radius 2 is 1.62 bits per heavy atom. The number of rotatable bonds is 13. The van der Waals surface area contributed by atoms with Gasteiger partial charge in [0.25, 0.3) is 0 Å². The SMILES string of the molecule is CCOC(CCCN)(O[Si](OC)(OCC)OCC)C1CCCCC1. The second kappa shape index (κ2) is 11.6. The Morgan fingerprint density at radius 3 is 2.08 bits per heavy atom. The highest BCUT2D eigenvalue weighted by molar-refractivity contribution is 6.53. The van der Waals surface area contributed by atoms with Crippen LogP contribution in [-0.2, 0) is 22.4 Å². The quantitative estimate of drug-likeness (QED) is 0.400. The van der Waals surface area contributed by atoms with E-state index in [1.165, 1.54) is 19.3 Å². The average molecular weight is 364 g/mol. The Bertz CT molecular complexity index is 322. The predicted octanol–water partition coefficient (Wildman–Crippen LogP) is 3.21. The van der Waals surface area contributed by atoms with Crippen molar-refractivity contribution in [1.29, 1.82) is 0 Å². The zero-order valence-electron chi connectivity index (χ0n) is 16.0. The highest BCUT2D eigenvalue weighted by atomic mass is 28.4. The van der Waals surface area contributed by atoms with Crippen LogP contribution >= 0.6 is 0 Å². The van der Waals surface area contributed by atoms with Gasteiger partial charge in [-0.1, -0.05) is 19.3 Å². The van der Waals surface area contributed by atoms with Crippen LogP contribution in [0, 0.1) is 5.92 Å². The van der Waals surface area contributed by atoms with Crippen molar-refractivity contribution < 1.29 is 22.4 Å². The number of hydrogen-bond acceptors (Lipinski definition) is 6. The van der Waals surface area contributed by atoms with Gasteiger partial charge in [-0.25, -0.2) is 0 Å². The van der Waals surface area contributed by atoms with E-state index in [1.807, 2.05) is 20.8 Å². The number of nitrogens with two attached hydrogens (primary N) is 1. The molecule has 0 saturated heterocycles. The minimum absolute atomic E-state index is 0.320. The molecular weight excluding hydrogens is 326 g/mol. The summed E-state index contributed by atoms with van der Waals surface area (Å²) in [6, 6.07) is 0. The molecule has 1 atom stereocenters. The lowest BCUT2D eigenvalue weighted by Gasteiger charge is -2.45. The summed E-state index contributed by atoms with van der Waals surface area (Å²) < 4.78 is 30.1. The van der Waals surface area contributed by atoms with Crippen molar-refractivity contribution in [1.82, 2.24) is 0 Å². The van der Waals surface area contributed by atoms with Gasteiger partial charge in [-0.05, 0) is 46.6 Å². The molecule has 0 aliphatic heterocycles. The van der Waals surface area contributed by atoms with E-state index in [-0.39, 0.29) is 0 Å². The van der Waals surface area contributed by atoms with Crippen molar-refractivity contribution >= 4 is 9.05 Å². The molecule has 0 heterocycles. The molecule has 1 rings (SSSR count). The Labute approximate surface area is 148 Å². The zero-order valence-corrected chi connectivity index (χ0v) is 17.0. The Morgan fingerprint density at radius 1 is 1.00 bits per heavy atom. The molecule has 0 bridgehead atoms. The van der Waals surface area contributed by atoms with E-state index >= 15 is 0 Å². The second-order valence-electron chi connectivity index (χ2n) is 6.14. The molecule has 0 spiro atoms. The minimum atomic E-state index is -3.24. The van der Waals surface area contributed by atoms with Crippen molar-refractivity contribution in [3.8, 4) is 0 Å². The van der Waals surface area contributed by atoms with Crippen molar-refractivity contribution in [3.05, 3.63) is 0 Å². The van der Waals surface area contributed by atoms with Crippen molar-refractivity contribution in [2.45, 2.75) is 71.5 Å². The first kappa shape index (κ1) is 22.0. The van der Waals surface area contributed by atoms with Crippen LogP contribution in [-0.4, -0.2) is 48.3 Å². The van der Waals surface area contributed by atoms with Gasteiger partial charge in [-0.15, -0.1) is 0 Å². The normalized spacial score (nSPS) is 19.4. The number of hydrogen-bond donors (Lipinski definition) is 1. The molecule has 2 N–H and O–H groups in total. The molecule has 1 aliphatic rings. The van der Waals surface area contributed by atoms with E-state index in [1.54, 1.807) is 7.11 Å². The highest BCUT2D eigenvalue weighted by Crippen LogP contribution is 2.41. The van der Waals surface area contributed by atoms with Crippen molar-refractivity contribution in [3.63, 3.8) is 0 Å². The first-order valence-electron chi connectivity index (χ1n) is 9.49. The molecule has 1 aliphatic carbocycles. The highest BCUT2D eigenvalue weighted by Gasteiger charge is 2.54. The van der Waals surface area contributed by atoms with Crippen molar-refractivity contribution in [2.24, 2.45) is 11.7 Å². The van der Waals surface area contributed by atoms with E-state index in [0.29, 0.717) is 32.3 Å². The van der Waals surface area contributed by atoms with Gasteiger partial charge in [0, 0.05) is 39.3 Å². The van der Waals surface area contributed by atoms with E-state index in [0.717, 1.165) is 25.7 Å². The molecular formula is C17H37NO5Si. The van der Waals surface area contributed by atoms with Gasteiger partial charge in [0.15, 0.2) is 5.79 Å². The third-order valence-electron chi connectivity index (χ3n) is 4.54. The molecule has 6 nitrogen and oxygen atoms in total. The van der Waals surface area contributed by atoms with Gasteiger partial charge in [-0.2, -0.15) is 0 Å². The van der Waals surface area contributed by atoms with Crippen LogP contribution in [0.1, 0.15) is 65.7 Å². The molecule has 0 radical (unpaired) electrons. The summed E-state index contributed by atoms with van der Waals surface area (Å²) in [6.07, 6.45) is 7.45. The lowest BCUT2D eigenvalue weighted by Crippen LogP contribution is -2.59. The first-order chi connectivity index (χ1) is 11.6. The second-order valence-corrected chi connectivity index (χ2v) is 8.33. The standard InChI is InChI=1S/C17H37NO5Si/c1-5-20-17(14-11-15-18,16-12-9-8-10-13-16)23-24(19-4,21-6-2)22-7-3/h16H,5-15,18H2,1-4H3. The first-order valence-corrected chi connectivity index (χ1v) is 11.1. The maximum Gasteiger partial charge on any atom is 0.681 e. The maximum absolute atomic E-state index is 6.53. The molecule has 0 aromatic rings. The van der Waals surface area contributed by atoms with Gasteiger partial charge in [-0.3, -0.25) is 0 Å². The molecule has 144 valence electrons. The third-order valence-corrected chi connectivity index (χ3v) is 6.92. The fourth-order valence-corrected chi connectivity index (χ4v) is 5.50. The lowest BCUT2D eigenvalue weighted by molar-refractivity contribution is -0.261. The zero-order chi connectivity index (χ0) is 17.9. The fraction of sp³-hybridized carbons (Fsp3) is 1.00. The van der Waals surface area contributed by atoms with Crippen LogP contribution in [0.4, 0.5) is 0 Å². The summed E-state index contributed by atoms with van der Waals surface area (Å²) in [4.78, 5) is 0. The summed E-state index contributed by atoms with van der Waals surface area (Å²) in [5, 5.41) is 0. The van der Waals surface area contributed by atoms with Gasteiger partial charge in [0.1, 0.15) is 0 Å². The van der Waals surface area contributed by atoms with Crippen LogP contribution in [0.2, 0.25) is 0 Å². The Kier molecular flexibility index (Phi) is 10.6. The van der Waals surface area contributed by atoms with E-state index in [9.17, 15) is 0 Å². The van der Waals surface area contributed by atoms with Crippen LogP contribution < -0.4 is 5.73 Å². The molecule has 1 unspecified atom stereocenters. The Balaban J connectivity index is 3.10. The van der Waals surface area contributed by atoms with Gasteiger partial charge >= 0.3 is 9.05 Å². The molecule has 1 fully saturated rings. The molecule has 7 heteroatoms. The maximum atomic E-state index is 6.53. The van der Waals surface area contributed by atoms with Crippen molar-refractivity contribution in [2.75, 3.05) is 33.5 Å². The smallest absolute Gasteiger partial charge is 0.355 e. The number of ether oxygens (including phenoxy) is 1. The van der Waals surface area contributed by atoms with Crippen LogP contribution in [0.25, 0.3) is 0 Å². The minimum Gasteiger partial charge on any atom is -0.355 e. The summed E-state index contributed by atoms with van der Waals surface area (Å²) in [6.45, 7) is 7.98. The molecule has 0 aromatic heterocycles. The third kappa shape index (κ3) is 6.05.